The Morgan fingerprint density at radius 2 is 1.83 bits per heavy atom. The summed E-state index contributed by atoms with van der Waals surface area (Å²) in [7, 11) is 0. The van der Waals surface area contributed by atoms with Crippen molar-refractivity contribution in [1.29, 1.82) is 0 Å². The molecule has 0 N–H and O–H groups in total. The molecule has 3 rings (SSSR count). The minimum atomic E-state index is -0.133. The fourth-order valence-corrected chi connectivity index (χ4v) is 3.44. The molecule has 5 heteroatoms. The first-order chi connectivity index (χ1) is 11.6. The Balaban J connectivity index is 1.94. The zero-order valence-electron chi connectivity index (χ0n) is 13.0. The lowest BCUT2D eigenvalue weighted by molar-refractivity contribution is -0.113. The van der Waals surface area contributed by atoms with Gasteiger partial charge in [0.2, 0.25) is 0 Å². The second kappa shape index (κ2) is 7.55. The molecule has 3 aromatic rings. The van der Waals surface area contributed by atoms with Crippen LogP contribution in [0, 0.1) is 6.92 Å². The fraction of sp³-hybridized carbons (Fsp3) is 0.0526. The second-order valence-corrected chi connectivity index (χ2v) is 6.83. The number of carbonyl (C=O) groups excluding carboxylic acids is 1. The number of halogens is 1. The van der Waals surface area contributed by atoms with Crippen LogP contribution in [0.5, 0.6) is 0 Å². The molecule has 0 aliphatic rings. The van der Waals surface area contributed by atoms with Crippen LogP contribution in [-0.2, 0) is 4.79 Å². The maximum absolute atomic E-state index is 12.8. The van der Waals surface area contributed by atoms with Crippen molar-refractivity contribution in [3.05, 3.63) is 81.8 Å². The number of nitrogens with zero attached hydrogens (tertiary/aromatic N) is 2. The summed E-state index contributed by atoms with van der Waals surface area (Å²) in [5.41, 5.74) is 2.65. The zero-order chi connectivity index (χ0) is 16.9. The third kappa shape index (κ3) is 3.80. The quantitative estimate of drug-likeness (QED) is 0.536. The number of rotatable bonds is 4. The molecule has 120 valence electrons. The van der Waals surface area contributed by atoms with Crippen molar-refractivity contribution in [3.63, 3.8) is 0 Å². The van der Waals surface area contributed by atoms with Gasteiger partial charge in [-0.25, -0.2) is 4.98 Å². The van der Waals surface area contributed by atoms with Crippen LogP contribution in [0.15, 0.2) is 70.5 Å². The van der Waals surface area contributed by atoms with E-state index in [2.05, 4.69) is 20.9 Å². The van der Waals surface area contributed by atoms with Gasteiger partial charge in [0.25, 0.3) is 5.91 Å². The number of benzene rings is 2. The van der Waals surface area contributed by atoms with Gasteiger partial charge in [0.1, 0.15) is 0 Å². The molecule has 0 spiro atoms. The van der Waals surface area contributed by atoms with Crippen molar-refractivity contribution in [1.82, 2.24) is 4.98 Å². The van der Waals surface area contributed by atoms with E-state index in [0.29, 0.717) is 5.13 Å². The predicted molar refractivity (Wildman–Crippen MR) is 104 cm³/mol. The molecule has 0 bridgehead atoms. The summed E-state index contributed by atoms with van der Waals surface area (Å²) in [5.74, 6) is -0.133. The SMILES string of the molecule is Cc1csc(N(C(=O)/C=C/c2ccccc2Br)c2ccccc2)n1. The molecule has 0 atom stereocenters. The second-order valence-electron chi connectivity index (χ2n) is 5.14. The van der Waals surface area contributed by atoms with Crippen molar-refractivity contribution in [2.45, 2.75) is 6.92 Å². The molecule has 0 saturated heterocycles. The average molecular weight is 399 g/mol. The summed E-state index contributed by atoms with van der Waals surface area (Å²) >= 11 is 4.95. The first kappa shape index (κ1) is 16.6. The molecule has 0 radical (unpaired) electrons. The monoisotopic (exact) mass is 398 g/mol. The number of anilines is 2. The fourth-order valence-electron chi connectivity index (χ4n) is 2.20. The largest absolute Gasteiger partial charge is 0.269 e. The van der Waals surface area contributed by atoms with Gasteiger partial charge in [0.05, 0.1) is 11.4 Å². The lowest BCUT2D eigenvalue weighted by Gasteiger charge is -2.18. The summed E-state index contributed by atoms with van der Waals surface area (Å²) in [6, 6.07) is 17.3. The minimum Gasteiger partial charge on any atom is -0.269 e. The van der Waals surface area contributed by atoms with Crippen LogP contribution in [0.3, 0.4) is 0 Å². The number of hydrogen-bond acceptors (Lipinski definition) is 3. The van der Waals surface area contributed by atoms with E-state index in [4.69, 9.17) is 0 Å². The van der Waals surface area contributed by atoms with Gasteiger partial charge in [0.15, 0.2) is 5.13 Å². The van der Waals surface area contributed by atoms with E-state index in [1.165, 1.54) is 11.3 Å². The lowest BCUT2D eigenvalue weighted by Crippen LogP contribution is -2.23. The van der Waals surface area contributed by atoms with Gasteiger partial charge in [0, 0.05) is 15.9 Å². The van der Waals surface area contributed by atoms with E-state index >= 15 is 0 Å². The molecule has 0 saturated carbocycles. The average Bonchev–Trinajstić information content (AvgIpc) is 3.01. The Kier molecular flexibility index (Phi) is 5.23. The Morgan fingerprint density at radius 1 is 1.12 bits per heavy atom. The first-order valence-corrected chi connectivity index (χ1v) is 9.06. The predicted octanol–water partition coefficient (Wildman–Crippen LogP) is 5.59. The molecule has 1 heterocycles. The Bertz CT molecular complexity index is 874. The summed E-state index contributed by atoms with van der Waals surface area (Å²) in [6.45, 7) is 1.92. The van der Waals surface area contributed by atoms with Gasteiger partial charge in [-0.15, -0.1) is 11.3 Å². The highest BCUT2D eigenvalue weighted by Crippen LogP contribution is 2.29. The highest BCUT2D eigenvalue weighted by Gasteiger charge is 2.18. The number of aromatic nitrogens is 1. The minimum absolute atomic E-state index is 0.133. The Labute approximate surface area is 153 Å². The van der Waals surface area contributed by atoms with Gasteiger partial charge in [-0.3, -0.25) is 9.69 Å². The molecular weight excluding hydrogens is 384 g/mol. The van der Waals surface area contributed by atoms with Crippen molar-refractivity contribution in [3.8, 4) is 0 Å². The van der Waals surface area contributed by atoms with Crippen LogP contribution >= 0.6 is 27.3 Å². The maximum atomic E-state index is 12.8. The van der Waals surface area contributed by atoms with E-state index < -0.39 is 0 Å². The molecule has 2 aromatic carbocycles. The van der Waals surface area contributed by atoms with Gasteiger partial charge in [-0.1, -0.05) is 52.3 Å². The van der Waals surface area contributed by atoms with Crippen LogP contribution in [0.25, 0.3) is 6.08 Å². The van der Waals surface area contributed by atoms with Crippen LogP contribution < -0.4 is 4.90 Å². The number of thiazole rings is 1. The van der Waals surface area contributed by atoms with Gasteiger partial charge in [-0.2, -0.15) is 0 Å². The first-order valence-electron chi connectivity index (χ1n) is 7.39. The molecule has 0 aliphatic heterocycles. The van der Waals surface area contributed by atoms with Gasteiger partial charge < -0.3 is 0 Å². The smallest absolute Gasteiger partial charge is 0.257 e. The Hall–Kier alpha value is -2.24. The standard InChI is InChI=1S/C19H15BrN2OS/c1-14-13-24-19(21-14)22(16-8-3-2-4-9-16)18(23)12-11-15-7-5-6-10-17(15)20/h2-13H,1H3/b12-11+. The number of aryl methyl sites for hydroxylation is 1. The van der Waals surface area contributed by atoms with E-state index in [0.717, 1.165) is 21.4 Å². The molecule has 3 nitrogen and oxygen atoms in total. The molecule has 0 unspecified atom stereocenters. The van der Waals surface area contributed by atoms with E-state index in [1.807, 2.05) is 73.0 Å². The van der Waals surface area contributed by atoms with E-state index in [1.54, 1.807) is 11.0 Å². The molecular formula is C19H15BrN2OS. The third-order valence-corrected chi connectivity index (χ3v) is 5.01. The van der Waals surface area contributed by atoms with Gasteiger partial charge in [-0.05, 0) is 36.8 Å². The Morgan fingerprint density at radius 3 is 2.50 bits per heavy atom. The normalized spacial score (nSPS) is 10.9. The van der Waals surface area contributed by atoms with E-state index in [-0.39, 0.29) is 5.91 Å². The van der Waals surface area contributed by atoms with Crippen LogP contribution in [0.2, 0.25) is 0 Å². The number of para-hydroxylation sites is 1. The van der Waals surface area contributed by atoms with Gasteiger partial charge >= 0.3 is 0 Å². The molecule has 0 fully saturated rings. The topological polar surface area (TPSA) is 33.2 Å². The number of hydrogen-bond donors (Lipinski definition) is 0. The van der Waals surface area contributed by atoms with Crippen molar-refractivity contribution in [2.75, 3.05) is 4.90 Å². The van der Waals surface area contributed by atoms with Crippen LogP contribution in [-0.4, -0.2) is 10.9 Å². The van der Waals surface area contributed by atoms with Crippen molar-refractivity contribution in [2.24, 2.45) is 0 Å². The summed E-state index contributed by atoms with van der Waals surface area (Å²) in [4.78, 5) is 18.9. The molecule has 24 heavy (non-hydrogen) atoms. The molecule has 1 amide bonds. The van der Waals surface area contributed by atoms with E-state index in [9.17, 15) is 4.79 Å². The highest BCUT2D eigenvalue weighted by molar-refractivity contribution is 9.10. The van der Waals surface area contributed by atoms with Crippen LogP contribution in [0.4, 0.5) is 10.8 Å². The highest BCUT2D eigenvalue weighted by atomic mass is 79.9. The number of carbonyl (C=O) groups is 1. The summed E-state index contributed by atoms with van der Waals surface area (Å²) in [5, 5.41) is 2.61. The number of amides is 1. The van der Waals surface area contributed by atoms with Crippen molar-refractivity contribution >= 4 is 50.1 Å². The van der Waals surface area contributed by atoms with Crippen molar-refractivity contribution < 1.29 is 4.79 Å². The van der Waals surface area contributed by atoms with Crippen LogP contribution in [0.1, 0.15) is 11.3 Å². The summed E-state index contributed by atoms with van der Waals surface area (Å²) < 4.78 is 0.949. The third-order valence-electron chi connectivity index (χ3n) is 3.34. The molecule has 0 aliphatic carbocycles. The lowest BCUT2D eigenvalue weighted by atomic mass is 10.2. The molecule has 1 aromatic heterocycles. The maximum Gasteiger partial charge on any atom is 0.257 e. The summed E-state index contributed by atoms with van der Waals surface area (Å²) in [6.07, 6.45) is 3.38. The zero-order valence-corrected chi connectivity index (χ0v) is 15.4.